The quantitative estimate of drug-likeness (QED) is 0.450. The van der Waals surface area contributed by atoms with Gasteiger partial charge in [-0.15, -0.1) is 0 Å². The molecule has 4 rings (SSSR count). The normalized spacial score (nSPS) is 11.6. The third-order valence-electron chi connectivity index (χ3n) is 3.54. The van der Waals surface area contributed by atoms with Crippen molar-refractivity contribution < 1.29 is 0 Å². The van der Waals surface area contributed by atoms with Crippen LogP contribution in [0.15, 0.2) is 54.7 Å². The summed E-state index contributed by atoms with van der Waals surface area (Å²) >= 11 is 0. The van der Waals surface area contributed by atoms with Crippen LogP contribution in [0.5, 0.6) is 0 Å². The maximum absolute atomic E-state index is 4.77. The summed E-state index contributed by atoms with van der Waals surface area (Å²) in [7, 11) is 2.09. The summed E-state index contributed by atoms with van der Waals surface area (Å²) in [6.07, 6.45) is 2.17. The highest BCUT2D eigenvalue weighted by Crippen LogP contribution is 2.35. The molecule has 0 aromatic heterocycles. The van der Waals surface area contributed by atoms with E-state index in [4.69, 9.17) is 4.98 Å². The van der Waals surface area contributed by atoms with Crippen molar-refractivity contribution in [2.24, 2.45) is 7.05 Å². The first kappa shape index (κ1) is 9.66. The van der Waals surface area contributed by atoms with Gasteiger partial charge in [0.2, 0.25) is 0 Å². The highest BCUT2D eigenvalue weighted by atomic mass is 14.9. The summed E-state index contributed by atoms with van der Waals surface area (Å²) in [5, 5.41) is 2.45. The Bertz CT molecular complexity index is 842. The molecule has 0 unspecified atom stereocenters. The first-order valence-corrected chi connectivity index (χ1v) is 6.07. The van der Waals surface area contributed by atoms with Crippen molar-refractivity contribution in [3.05, 3.63) is 54.7 Å². The van der Waals surface area contributed by atoms with Gasteiger partial charge >= 0.3 is 0 Å². The van der Waals surface area contributed by atoms with Gasteiger partial charge in [0.05, 0.1) is 11.2 Å². The van der Waals surface area contributed by atoms with Gasteiger partial charge < -0.3 is 4.57 Å². The molecule has 2 heterocycles. The number of rotatable bonds is 0. The van der Waals surface area contributed by atoms with E-state index in [0.717, 1.165) is 11.2 Å². The third-order valence-corrected chi connectivity index (χ3v) is 3.54. The van der Waals surface area contributed by atoms with Crippen LogP contribution in [0.2, 0.25) is 0 Å². The standard InChI is InChI=1S/C16H12N2/c1-18-10-13-11-6-2-4-8-14(11)17-16(13)12-7-3-5-9-15(12)18/h2-10H,1H3. The molecule has 2 aromatic rings. The molecular weight excluding hydrogens is 220 g/mol. The smallest absolute Gasteiger partial charge is 0.0824 e. The topological polar surface area (TPSA) is 17.8 Å². The second kappa shape index (κ2) is 3.33. The minimum absolute atomic E-state index is 1.07. The molecule has 2 aliphatic rings. The average molecular weight is 232 g/mol. The van der Waals surface area contributed by atoms with Gasteiger partial charge in [-0.3, -0.25) is 0 Å². The molecule has 2 heteroatoms. The van der Waals surface area contributed by atoms with Crippen molar-refractivity contribution in [2.75, 3.05) is 0 Å². The predicted molar refractivity (Wildman–Crippen MR) is 74.8 cm³/mol. The van der Waals surface area contributed by atoms with Crippen molar-refractivity contribution in [2.45, 2.75) is 0 Å². The molecule has 2 aromatic carbocycles. The molecule has 18 heavy (non-hydrogen) atoms. The lowest BCUT2D eigenvalue weighted by molar-refractivity contribution is 0.955. The number of pyridine rings is 1. The van der Waals surface area contributed by atoms with Crippen LogP contribution >= 0.6 is 0 Å². The first-order chi connectivity index (χ1) is 8.84. The fraction of sp³-hybridized carbons (Fsp3) is 0.0625. The van der Waals surface area contributed by atoms with Crippen LogP contribution < -0.4 is 0 Å². The van der Waals surface area contributed by atoms with Gasteiger partial charge in [-0.1, -0.05) is 36.4 Å². The average Bonchev–Trinajstić information content (AvgIpc) is 2.78. The Hall–Kier alpha value is -2.35. The fourth-order valence-electron chi connectivity index (χ4n) is 2.69. The van der Waals surface area contributed by atoms with Crippen LogP contribution in [0.25, 0.3) is 33.1 Å². The molecule has 86 valence electrons. The minimum atomic E-state index is 1.07. The van der Waals surface area contributed by atoms with Gasteiger partial charge in [-0.05, 0) is 12.1 Å². The van der Waals surface area contributed by atoms with Crippen molar-refractivity contribution in [1.29, 1.82) is 0 Å². The SMILES string of the molecule is Cn1cc2c3ccccc3nc-2c2ccccc21. The Morgan fingerprint density at radius 3 is 2.50 bits per heavy atom. The second-order valence-corrected chi connectivity index (χ2v) is 4.65. The number of nitrogens with zero attached hydrogens (tertiary/aromatic N) is 2. The molecule has 2 aliphatic heterocycles. The molecular formula is C16H12N2. The number of fused-ring (bicyclic) bond motifs is 5. The number of para-hydroxylation sites is 2. The maximum Gasteiger partial charge on any atom is 0.0824 e. The highest BCUT2D eigenvalue weighted by molar-refractivity contribution is 6.06. The molecule has 0 amide bonds. The van der Waals surface area contributed by atoms with Crippen molar-refractivity contribution in [1.82, 2.24) is 9.55 Å². The molecule has 0 radical (unpaired) electrons. The lowest BCUT2D eigenvalue weighted by Gasteiger charge is -2.10. The Morgan fingerprint density at radius 1 is 0.889 bits per heavy atom. The van der Waals surface area contributed by atoms with E-state index in [9.17, 15) is 0 Å². The molecule has 0 saturated carbocycles. The Balaban J connectivity index is 2.31. The summed E-state index contributed by atoms with van der Waals surface area (Å²) in [6.45, 7) is 0. The summed E-state index contributed by atoms with van der Waals surface area (Å²) < 4.78 is 2.17. The molecule has 0 saturated heterocycles. The number of aryl methyl sites for hydroxylation is 1. The lowest BCUT2D eigenvalue weighted by atomic mass is 10.1. The van der Waals surface area contributed by atoms with Gasteiger partial charge in [0.1, 0.15) is 0 Å². The summed E-state index contributed by atoms with van der Waals surface area (Å²) in [6, 6.07) is 16.7. The van der Waals surface area contributed by atoms with Crippen LogP contribution in [0.4, 0.5) is 0 Å². The zero-order valence-electron chi connectivity index (χ0n) is 10.1. The van der Waals surface area contributed by atoms with E-state index in [-0.39, 0.29) is 0 Å². The van der Waals surface area contributed by atoms with E-state index in [2.05, 4.69) is 60.3 Å². The van der Waals surface area contributed by atoms with E-state index >= 15 is 0 Å². The largest absolute Gasteiger partial charge is 0.350 e. The van der Waals surface area contributed by atoms with Crippen LogP contribution in [-0.4, -0.2) is 9.55 Å². The summed E-state index contributed by atoms with van der Waals surface area (Å²) in [5.74, 6) is 0. The molecule has 0 atom stereocenters. The second-order valence-electron chi connectivity index (χ2n) is 4.65. The first-order valence-electron chi connectivity index (χ1n) is 6.07. The molecule has 0 fully saturated rings. The molecule has 0 N–H and O–H groups in total. The van der Waals surface area contributed by atoms with Gasteiger partial charge in [0.15, 0.2) is 0 Å². The van der Waals surface area contributed by atoms with Crippen LogP contribution in [0.1, 0.15) is 0 Å². The Morgan fingerprint density at radius 2 is 1.61 bits per heavy atom. The molecule has 0 spiro atoms. The Kier molecular flexibility index (Phi) is 1.78. The van der Waals surface area contributed by atoms with Crippen molar-refractivity contribution in [3.63, 3.8) is 0 Å². The molecule has 2 nitrogen and oxygen atoms in total. The maximum atomic E-state index is 4.77. The van der Waals surface area contributed by atoms with E-state index in [1.807, 2.05) is 6.07 Å². The van der Waals surface area contributed by atoms with Crippen LogP contribution in [-0.2, 0) is 7.05 Å². The van der Waals surface area contributed by atoms with Crippen molar-refractivity contribution in [3.8, 4) is 11.3 Å². The molecule has 0 aliphatic carbocycles. The van der Waals surface area contributed by atoms with Gasteiger partial charge in [0.25, 0.3) is 0 Å². The van der Waals surface area contributed by atoms with Crippen molar-refractivity contribution >= 4 is 21.8 Å². The number of hydrogen-bond donors (Lipinski definition) is 0. The van der Waals surface area contributed by atoms with E-state index in [1.54, 1.807) is 0 Å². The Labute approximate surface area is 105 Å². The zero-order chi connectivity index (χ0) is 12.1. The third kappa shape index (κ3) is 1.15. The van der Waals surface area contributed by atoms with Gasteiger partial charge in [-0.25, -0.2) is 4.98 Å². The number of hydrogen-bond acceptors (Lipinski definition) is 1. The molecule has 0 bridgehead atoms. The monoisotopic (exact) mass is 232 g/mol. The minimum Gasteiger partial charge on any atom is -0.350 e. The highest BCUT2D eigenvalue weighted by Gasteiger charge is 2.15. The van der Waals surface area contributed by atoms with Crippen LogP contribution in [0, 0.1) is 0 Å². The lowest BCUT2D eigenvalue weighted by Crippen LogP contribution is -1.95. The van der Waals surface area contributed by atoms with Crippen LogP contribution in [0.3, 0.4) is 0 Å². The van der Waals surface area contributed by atoms with E-state index in [1.165, 1.54) is 21.9 Å². The predicted octanol–water partition coefficient (Wildman–Crippen LogP) is 3.83. The number of benzene rings is 2. The van der Waals surface area contributed by atoms with Gasteiger partial charge in [0, 0.05) is 35.1 Å². The zero-order valence-corrected chi connectivity index (χ0v) is 10.1. The van der Waals surface area contributed by atoms with Gasteiger partial charge in [-0.2, -0.15) is 0 Å². The summed E-state index contributed by atoms with van der Waals surface area (Å²) in [5.41, 5.74) is 4.62. The fourth-order valence-corrected chi connectivity index (χ4v) is 2.69. The van der Waals surface area contributed by atoms with E-state index in [0.29, 0.717) is 0 Å². The number of aromatic nitrogens is 2. The summed E-state index contributed by atoms with van der Waals surface area (Å²) in [4.78, 5) is 4.77. The van der Waals surface area contributed by atoms with E-state index < -0.39 is 0 Å².